The number of hydrogen-bond donors (Lipinski definition) is 1. The molecule has 0 atom stereocenters. The van der Waals surface area contributed by atoms with Gasteiger partial charge in [-0.1, -0.05) is 78.5 Å². The fourth-order valence-electron chi connectivity index (χ4n) is 3.23. The molecular weight excluding hydrogens is 448 g/mol. The Labute approximate surface area is 201 Å². The second-order valence-corrected chi connectivity index (χ2v) is 8.10. The molecule has 4 rings (SSSR count). The smallest absolute Gasteiger partial charge is 0.338 e. The minimum absolute atomic E-state index is 0.0875. The number of ether oxygens (including phenoxy) is 1. The first-order chi connectivity index (χ1) is 16.6. The number of thioether (sulfide) groups is 1. The molecule has 4 aromatic rings. The third-order valence-electron chi connectivity index (χ3n) is 4.75. The minimum Gasteiger partial charge on any atom is -0.462 e. The van der Waals surface area contributed by atoms with Crippen LogP contribution in [-0.4, -0.2) is 39.4 Å². The summed E-state index contributed by atoms with van der Waals surface area (Å²) >= 11 is 1.19. The largest absolute Gasteiger partial charge is 0.462 e. The molecule has 0 unspecified atom stereocenters. The van der Waals surface area contributed by atoms with Crippen molar-refractivity contribution >= 4 is 29.3 Å². The van der Waals surface area contributed by atoms with E-state index in [4.69, 9.17) is 9.72 Å². The molecule has 170 valence electrons. The third kappa shape index (κ3) is 5.85. The Hall–Kier alpha value is -4.04. The lowest BCUT2D eigenvalue weighted by molar-refractivity contribution is -0.113. The lowest BCUT2D eigenvalue weighted by Gasteiger charge is -2.10. The van der Waals surface area contributed by atoms with E-state index in [1.165, 1.54) is 11.8 Å². The third-order valence-corrected chi connectivity index (χ3v) is 5.59. The number of aromatic nitrogens is 3. The second-order valence-electron chi connectivity index (χ2n) is 7.16. The van der Waals surface area contributed by atoms with E-state index < -0.39 is 5.97 Å². The Morgan fingerprint density at radius 2 is 1.53 bits per heavy atom. The van der Waals surface area contributed by atoms with E-state index in [1.807, 2.05) is 60.7 Å². The van der Waals surface area contributed by atoms with Crippen LogP contribution in [0.15, 0.2) is 90.1 Å². The van der Waals surface area contributed by atoms with Gasteiger partial charge in [0.05, 0.1) is 17.9 Å². The fraction of sp³-hybridized carbons (Fsp3) is 0.115. The number of nitrogens with one attached hydrogen (secondary N) is 1. The number of anilines is 1. The number of rotatable bonds is 8. The van der Waals surface area contributed by atoms with Crippen LogP contribution < -0.4 is 5.32 Å². The summed E-state index contributed by atoms with van der Waals surface area (Å²) in [6, 6.07) is 26.1. The van der Waals surface area contributed by atoms with Gasteiger partial charge in [0.25, 0.3) is 0 Å². The van der Waals surface area contributed by atoms with Crippen molar-refractivity contribution in [2.45, 2.75) is 12.1 Å². The maximum absolute atomic E-state index is 12.5. The summed E-state index contributed by atoms with van der Waals surface area (Å²) in [6.07, 6.45) is 0. The van der Waals surface area contributed by atoms with Crippen LogP contribution in [-0.2, 0) is 9.53 Å². The van der Waals surface area contributed by atoms with Crippen molar-refractivity contribution in [3.05, 3.63) is 90.5 Å². The van der Waals surface area contributed by atoms with Crippen molar-refractivity contribution in [3.8, 4) is 22.5 Å². The van der Waals surface area contributed by atoms with Crippen LogP contribution in [0.2, 0.25) is 0 Å². The van der Waals surface area contributed by atoms with E-state index in [0.29, 0.717) is 27.8 Å². The van der Waals surface area contributed by atoms with Crippen molar-refractivity contribution in [1.29, 1.82) is 0 Å². The molecule has 1 aromatic heterocycles. The van der Waals surface area contributed by atoms with Gasteiger partial charge in [-0.2, -0.15) is 0 Å². The molecule has 0 fully saturated rings. The molecule has 0 saturated carbocycles. The van der Waals surface area contributed by atoms with Crippen LogP contribution in [0.25, 0.3) is 22.5 Å². The predicted octanol–water partition coefficient (Wildman–Crippen LogP) is 5.11. The zero-order valence-corrected chi connectivity index (χ0v) is 19.3. The van der Waals surface area contributed by atoms with Gasteiger partial charge >= 0.3 is 5.97 Å². The quantitative estimate of drug-likeness (QED) is 0.282. The monoisotopic (exact) mass is 470 g/mol. The van der Waals surface area contributed by atoms with Gasteiger partial charge in [0.2, 0.25) is 11.1 Å². The van der Waals surface area contributed by atoms with Crippen LogP contribution in [0.3, 0.4) is 0 Å². The molecule has 0 aliphatic rings. The molecule has 0 aliphatic carbocycles. The minimum atomic E-state index is -0.431. The molecule has 0 bridgehead atoms. The normalized spacial score (nSPS) is 10.5. The first kappa shape index (κ1) is 23.1. The Kier molecular flexibility index (Phi) is 7.62. The fourth-order valence-corrected chi connectivity index (χ4v) is 3.81. The highest BCUT2D eigenvalue weighted by Crippen LogP contribution is 2.29. The first-order valence-electron chi connectivity index (χ1n) is 10.7. The summed E-state index contributed by atoms with van der Waals surface area (Å²) in [7, 11) is 0. The maximum Gasteiger partial charge on any atom is 0.338 e. The van der Waals surface area contributed by atoms with Crippen molar-refractivity contribution in [1.82, 2.24) is 15.2 Å². The van der Waals surface area contributed by atoms with E-state index in [1.54, 1.807) is 31.2 Å². The number of esters is 1. The van der Waals surface area contributed by atoms with Crippen LogP contribution in [0.4, 0.5) is 5.69 Å². The summed E-state index contributed by atoms with van der Waals surface area (Å²) in [4.78, 5) is 29.1. The van der Waals surface area contributed by atoms with Gasteiger partial charge in [-0.15, -0.1) is 10.2 Å². The average Bonchev–Trinajstić information content (AvgIpc) is 2.89. The molecule has 1 amide bonds. The lowest BCUT2D eigenvalue weighted by Crippen LogP contribution is -2.15. The molecule has 7 nitrogen and oxygen atoms in total. The van der Waals surface area contributed by atoms with E-state index in [-0.39, 0.29) is 18.3 Å². The topological polar surface area (TPSA) is 94.1 Å². The predicted molar refractivity (Wildman–Crippen MR) is 132 cm³/mol. The Morgan fingerprint density at radius 3 is 2.21 bits per heavy atom. The van der Waals surface area contributed by atoms with Gasteiger partial charge in [-0.05, 0) is 25.1 Å². The van der Waals surface area contributed by atoms with E-state index >= 15 is 0 Å². The number of benzene rings is 3. The average molecular weight is 471 g/mol. The standard InChI is InChI=1S/C26H22N4O3S/c1-2-33-25(32)20-14-9-15-21(16-20)27-22(31)17-34-26-28-23(18-10-5-3-6-11-18)24(29-30-26)19-12-7-4-8-13-19/h3-16H,2,17H2,1H3,(H,27,31). The molecule has 1 N–H and O–H groups in total. The van der Waals surface area contributed by atoms with Crippen LogP contribution in [0.1, 0.15) is 17.3 Å². The molecule has 8 heteroatoms. The van der Waals surface area contributed by atoms with Crippen LogP contribution in [0, 0.1) is 0 Å². The van der Waals surface area contributed by atoms with Gasteiger partial charge in [0.15, 0.2) is 0 Å². The summed E-state index contributed by atoms with van der Waals surface area (Å²) in [5.41, 5.74) is 4.10. The highest BCUT2D eigenvalue weighted by molar-refractivity contribution is 7.99. The van der Waals surface area contributed by atoms with Crippen molar-refractivity contribution in [2.24, 2.45) is 0 Å². The van der Waals surface area contributed by atoms with Gasteiger partial charge in [-0.3, -0.25) is 4.79 Å². The lowest BCUT2D eigenvalue weighted by atomic mass is 10.0. The molecular formula is C26H22N4O3S. The van der Waals surface area contributed by atoms with Crippen LogP contribution in [0.5, 0.6) is 0 Å². The summed E-state index contributed by atoms with van der Waals surface area (Å²) in [5.74, 6) is -0.591. The first-order valence-corrected chi connectivity index (χ1v) is 11.7. The van der Waals surface area contributed by atoms with E-state index in [0.717, 1.165) is 11.1 Å². The number of nitrogens with zero attached hydrogens (tertiary/aromatic N) is 3. The van der Waals surface area contributed by atoms with Crippen molar-refractivity contribution in [2.75, 3.05) is 17.7 Å². The zero-order valence-electron chi connectivity index (χ0n) is 18.5. The Morgan fingerprint density at radius 1 is 0.853 bits per heavy atom. The molecule has 0 spiro atoms. The zero-order chi connectivity index (χ0) is 23.8. The van der Waals surface area contributed by atoms with Crippen molar-refractivity contribution < 1.29 is 14.3 Å². The molecule has 0 radical (unpaired) electrons. The van der Waals surface area contributed by atoms with Gasteiger partial charge in [0.1, 0.15) is 11.4 Å². The maximum atomic E-state index is 12.5. The number of hydrogen-bond acceptors (Lipinski definition) is 7. The summed E-state index contributed by atoms with van der Waals surface area (Å²) in [6.45, 7) is 2.03. The summed E-state index contributed by atoms with van der Waals surface area (Å²) < 4.78 is 5.00. The van der Waals surface area contributed by atoms with Gasteiger partial charge in [-0.25, -0.2) is 9.78 Å². The van der Waals surface area contributed by atoms with Crippen LogP contribution >= 0.6 is 11.8 Å². The van der Waals surface area contributed by atoms with Gasteiger partial charge in [0, 0.05) is 16.8 Å². The number of carbonyl (C=O) groups excluding carboxylic acids is 2. The molecule has 0 saturated heterocycles. The highest BCUT2D eigenvalue weighted by atomic mass is 32.2. The Bertz CT molecular complexity index is 1280. The summed E-state index contributed by atoms with van der Waals surface area (Å²) in [5, 5.41) is 11.8. The molecule has 3 aromatic carbocycles. The molecule has 1 heterocycles. The molecule has 0 aliphatic heterocycles. The van der Waals surface area contributed by atoms with Crippen molar-refractivity contribution in [3.63, 3.8) is 0 Å². The van der Waals surface area contributed by atoms with E-state index in [9.17, 15) is 9.59 Å². The number of carbonyl (C=O) groups is 2. The molecule has 34 heavy (non-hydrogen) atoms. The van der Waals surface area contributed by atoms with E-state index in [2.05, 4.69) is 15.5 Å². The number of amides is 1. The Balaban J connectivity index is 1.49. The SMILES string of the molecule is CCOC(=O)c1cccc(NC(=O)CSc2nnc(-c3ccccc3)c(-c3ccccc3)n2)c1. The second kappa shape index (κ2) is 11.2. The highest BCUT2D eigenvalue weighted by Gasteiger charge is 2.15. The van der Waals surface area contributed by atoms with Gasteiger partial charge < -0.3 is 10.1 Å².